The molecule has 2 nitrogen and oxygen atoms in total. The molecule has 2 aromatic carbocycles. The van der Waals surface area contributed by atoms with Crippen molar-refractivity contribution in [1.29, 1.82) is 0 Å². The Kier molecular flexibility index (Phi) is 3.27. The van der Waals surface area contributed by atoms with Gasteiger partial charge in [0.25, 0.3) is 0 Å². The van der Waals surface area contributed by atoms with Crippen molar-refractivity contribution in [3.63, 3.8) is 0 Å². The Bertz CT molecular complexity index is 591. The Morgan fingerprint density at radius 2 is 1.65 bits per heavy atom. The zero-order valence-corrected chi connectivity index (χ0v) is 12.0. The van der Waals surface area contributed by atoms with E-state index in [0.717, 1.165) is 12.1 Å². The first-order chi connectivity index (χ1) is 9.59. The molecule has 2 aromatic rings. The lowest BCUT2D eigenvalue weighted by molar-refractivity contribution is -0.0510. The molecule has 0 radical (unpaired) electrons. The molecule has 0 aromatic heterocycles. The summed E-state index contributed by atoms with van der Waals surface area (Å²) in [5.74, 6) is 0. The van der Waals surface area contributed by atoms with E-state index in [4.69, 9.17) is 0 Å². The predicted molar refractivity (Wildman–Crippen MR) is 83.7 cm³/mol. The summed E-state index contributed by atoms with van der Waals surface area (Å²) in [6, 6.07) is 19.1. The standard InChI is InChI=1S/C18H21NO/c1-18(2)16(12-17(18)20)19-15-11-7-6-10-14(15)13-8-4-3-5-9-13/h3-11,16-17,19-20H,12H2,1-2H3. The lowest BCUT2D eigenvalue weighted by atomic mass is 9.64. The van der Waals surface area contributed by atoms with Gasteiger partial charge in [-0.05, 0) is 18.1 Å². The van der Waals surface area contributed by atoms with Crippen molar-refractivity contribution in [3.8, 4) is 11.1 Å². The molecular formula is C18H21NO. The number of nitrogens with one attached hydrogen (secondary N) is 1. The van der Waals surface area contributed by atoms with Gasteiger partial charge in [0.1, 0.15) is 0 Å². The van der Waals surface area contributed by atoms with E-state index in [1.165, 1.54) is 11.1 Å². The molecule has 0 heterocycles. The van der Waals surface area contributed by atoms with Gasteiger partial charge in [-0.15, -0.1) is 0 Å². The van der Waals surface area contributed by atoms with Crippen LogP contribution in [0.3, 0.4) is 0 Å². The van der Waals surface area contributed by atoms with E-state index < -0.39 is 0 Å². The van der Waals surface area contributed by atoms with Crippen molar-refractivity contribution in [1.82, 2.24) is 0 Å². The van der Waals surface area contributed by atoms with Crippen LogP contribution in [0.5, 0.6) is 0 Å². The van der Waals surface area contributed by atoms with E-state index in [1.54, 1.807) is 0 Å². The van der Waals surface area contributed by atoms with Gasteiger partial charge in [-0.1, -0.05) is 62.4 Å². The van der Waals surface area contributed by atoms with E-state index >= 15 is 0 Å². The van der Waals surface area contributed by atoms with Gasteiger partial charge in [-0.25, -0.2) is 0 Å². The van der Waals surface area contributed by atoms with Crippen LogP contribution in [0, 0.1) is 5.41 Å². The molecule has 20 heavy (non-hydrogen) atoms. The minimum absolute atomic E-state index is 0.0657. The summed E-state index contributed by atoms with van der Waals surface area (Å²) in [5.41, 5.74) is 3.51. The Balaban J connectivity index is 1.88. The summed E-state index contributed by atoms with van der Waals surface area (Å²) in [6.45, 7) is 4.23. The molecule has 104 valence electrons. The van der Waals surface area contributed by atoms with Gasteiger partial charge < -0.3 is 10.4 Å². The first kappa shape index (κ1) is 13.2. The monoisotopic (exact) mass is 267 g/mol. The number of aliphatic hydroxyl groups excluding tert-OH is 1. The first-order valence-electron chi connectivity index (χ1n) is 7.18. The Morgan fingerprint density at radius 1 is 1.00 bits per heavy atom. The van der Waals surface area contributed by atoms with Crippen LogP contribution < -0.4 is 5.32 Å². The van der Waals surface area contributed by atoms with Crippen LogP contribution in [0.15, 0.2) is 54.6 Å². The third-order valence-electron chi connectivity index (χ3n) is 4.56. The maximum Gasteiger partial charge on any atom is 0.0630 e. The molecule has 0 amide bonds. The van der Waals surface area contributed by atoms with Crippen molar-refractivity contribution in [2.45, 2.75) is 32.4 Å². The first-order valence-corrected chi connectivity index (χ1v) is 7.18. The van der Waals surface area contributed by atoms with E-state index in [9.17, 15) is 5.11 Å². The fourth-order valence-electron chi connectivity index (χ4n) is 2.81. The van der Waals surface area contributed by atoms with Gasteiger partial charge >= 0.3 is 0 Å². The summed E-state index contributed by atoms with van der Waals surface area (Å²) in [7, 11) is 0. The van der Waals surface area contributed by atoms with Gasteiger partial charge in [0.05, 0.1) is 6.10 Å². The summed E-state index contributed by atoms with van der Waals surface area (Å²) in [4.78, 5) is 0. The maximum atomic E-state index is 9.87. The third-order valence-corrected chi connectivity index (χ3v) is 4.56. The lowest BCUT2D eigenvalue weighted by Gasteiger charge is -2.50. The van der Waals surface area contributed by atoms with Crippen molar-refractivity contribution < 1.29 is 5.11 Å². The van der Waals surface area contributed by atoms with Gasteiger partial charge in [-0.2, -0.15) is 0 Å². The molecule has 2 heteroatoms. The smallest absolute Gasteiger partial charge is 0.0630 e. The quantitative estimate of drug-likeness (QED) is 0.883. The molecule has 1 saturated carbocycles. The molecule has 1 fully saturated rings. The SMILES string of the molecule is CC1(C)C(O)CC1Nc1ccccc1-c1ccccc1. The molecule has 2 atom stereocenters. The van der Waals surface area contributed by atoms with Crippen molar-refractivity contribution >= 4 is 5.69 Å². The van der Waals surface area contributed by atoms with E-state index in [-0.39, 0.29) is 11.5 Å². The number of rotatable bonds is 3. The second-order valence-electron chi connectivity index (χ2n) is 6.18. The Hall–Kier alpha value is -1.80. The molecule has 0 aliphatic heterocycles. The van der Waals surface area contributed by atoms with E-state index in [2.05, 4.69) is 67.7 Å². The lowest BCUT2D eigenvalue weighted by Crippen LogP contribution is -2.56. The van der Waals surface area contributed by atoms with Gasteiger partial charge in [0.2, 0.25) is 0 Å². The molecule has 2 unspecified atom stereocenters. The van der Waals surface area contributed by atoms with Crippen LogP contribution in [0.25, 0.3) is 11.1 Å². The topological polar surface area (TPSA) is 32.3 Å². The van der Waals surface area contributed by atoms with Crippen LogP contribution in [0.1, 0.15) is 20.3 Å². The average molecular weight is 267 g/mol. The number of para-hydroxylation sites is 1. The molecule has 1 aliphatic rings. The van der Waals surface area contributed by atoms with E-state index in [0.29, 0.717) is 6.04 Å². The Morgan fingerprint density at radius 3 is 2.30 bits per heavy atom. The van der Waals surface area contributed by atoms with Crippen LogP contribution in [-0.4, -0.2) is 17.3 Å². The highest BCUT2D eigenvalue weighted by Crippen LogP contribution is 2.43. The zero-order valence-electron chi connectivity index (χ0n) is 12.0. The number of aliphatic hydroxyl groups is 1. The highest BCUT2D eigenvalue weighted by atomic mass is 16.3. The number of hydrogen-bond acceptors (Lipinski definition) is 2. The second kappa shape index (κ2) is 4.95. The maximum absolute atomic E-state index is 9.87. The number of anilines is 1. The predicted octanol–water partition coefficient (Wildman–Crippen LogP) is 3.92. The summed E-state index contributed by atoms with van der Waals surface area (Å²) in [5, 5.41) is 13.5. The molecule has 0 spiro atoms. The highest BCUT2D eigenvalue weighted by molar-refractivity contribution is 5.78. The minimum Gasteiger partial charge on any atom is -0.392 e. The fraction of sp³-hybridized carbons (Fsp3) is 0.333. The third kappa shape index (κ3) is 2.20. The molecule has 0 saturated heterocycles. The minimum atomic E-state index is -0.205. The highest BCUT2D eigenvalue weighted by Gasteiger charge is 2.47. The molecule has 3 rings (SSSR count). The number of hydrogen-bond donors (Lipinski definition) is 2. The van der Waals surface area contributed by atoms with Gasteiger partial charge in [0, 0.05) is 22.7 Å². The van der Waals surface area contributed by atoms with Crippen molar-refractivity contribution in [2.24, 2.45) is 5.41 Å². The molecular weight excluding hydrogens is 246 g/mol. The summed E-state index contributed by atoms with van der Waals surface area (Å²) < 4.78 is 0. The molecule has 1 aliphatic carbocycles. The fourth-order valence-corrected chi connectivity index (χ4v) is 2.81. The molecule has 0 bridgehead atoms. The van der Waals surface area contributed by atoms with Crippen LogP contribution in [-0.2, 0) is 0 Å². The normalized spacial score (nSPS) is 23.9. The van der Waals surface area contributed by atoms with Crippen LogP contribution in [0.2, 0.25) is 0 Å². The van der Waals surface area contributed by atoms with Gasteiger partial charge in [0.15, 0.2) is 0 Å². The van der Waals surface area contributed by atoms with Crippen molar-refractivity contribution in [2.75, 3.05) is 5.32 Å². The molecule has 2 N–H and O–H groups in total. The second-order valence-corrected chi connectivity index (χ2v) is 6.18. The Labute approximate surface area is 120 Å². The van der Waals surface area contributed by atoms with Crippen LogP contribution >= 0.6 is 0 Å². The number of benzene rings is 2. The van der Waals surface area contributed by atoms with Crippen molar-refractivity contribution in [3.05, 3.63) is 54.6 Å². The van der Waals surface area contributed by atoms with Crippen LogP contribution in [0.4, 0.5) is 5.69 Å². The summed E-state index contributed by atoms with van der Waals surface area (Å²) >= 11 is 0. The van der Waals surface area contributed by atoms with E-state index in [1.807, 2.05) is 6.07 Å². The van der Waals surface area contributed by atoms with Gasteiger partial charge in [-0.3, -0.25) is 0 Å². The largest absolute Gasteiger partial charge is 0.392 e. The average Bonchev–Trinajstić information content (AvgIpc) is 2.48. The zero-order chi connectivity index (χ0) is 14.2. The summed E-state index contributed by atoms with van der Waals surface area (Å²) in [6.07, 6.45) is 0.611.